The zero-order valence-electron chi connectivity index (χ0n) is 14.9. The van der Waals surface area contributed by atoms with Crippen LogP contribution in [0.5, 0.6) is 0 Å². The Hall–Kier alpha value is -2.08. The Morgan fingerprint density at radius 1 is 0.409 bits per heavy atom. The number of benzene rings is 3. The highest BCUT2D eigenvalue weighted by Crippen LogP contribution is 2.11. The first-order valence-electron chi connectivity index (χ1n) is 8.23. The van der Waals surface area contributed by atoms with E-state index >= 15 is 0 Å². The first kappa shape index (κ1) is 19.9. The number of hydrogen-bond acceptors (Lipinski definition) is 0. The van der Waals surface area contributed by atoms with E-state index in [9.17, 15) is 0 Å². The maximum absolute atomic E-state index is 2.12. The topological polar surface area (TPSA) is 0 Å². The second kappa shape index (κ2) is 12.6. The minimum atomic E-state index is 1.31. The minimum absolute atomic E-state index is 1.31. The van der Waals surface area contributed by atoms with Gasteiger partial charge in [0, 0.05) is 0 Å². The van der Waals surface area contributed by atoms with E-state index in [1.54, 1.807) is 0 Å². The monoisotopic (exact) mass is 294 g/mol. The molecule has 22 heavy (non-hydrogen) atoms. The van der Waals surface area contributed by atoms with E-state index in [0.717, 1.165) is 0 Å². The maximum atomic E-state index is 2.12. The van der Waals surface area contributed by atoms with Gasteiger partial charge >= 0.3 is 0 Å². The highest BCUT2D eigenvalue weighted by Gasteiger charge is 1.85. The summed E-state index contributed by atoms with van der Waals surface area (Å²) >= 11 is 0. The van der Waals surface area contributed by atoms with Gasteiger partial charge in [-0.15, -0.1) is 0 Å². The molecular weight excluding hydrogens is 264 g/mol. The molecule has 0 atom stereocenters. The highest BCUT2D eigenvalue weighted by molar-refractivity contribution is 5.81. The summed E-state index contributed by atoms with van der Waals surface area (Å²) in [5, 5.41) is 2.62. The third-order valence-corrected chi connectivity index (χ3v) is 2.88. The zero-order chi connectivity index (χ0) is 16.8. The normalized spacial score (nSPS) is 8.45. The molecule has 0 heterocycles. The molecule has 3 rings (SSSR count). The number of rotatable bonds is 0. The molecule has 0 radical (unpaired) electrons. The van der Waals surface area contributed by atoms with Gasteiger partial charge in [0.05, 0.1) is 0 Å². The van der Waals surface area contributed by atoms with E-state index in [2.05, 4.69) is 86.6 Å². The molecule has 0 spiro atoms. The Balaban J connectivity index is 0.000000333. The van der Waals surface area contributed by atoms with Crippen LogP contribution in [0.2, 0.25) is 0 Å². The molecule has 0 saturated carbocycles. The third kappa shape index (κ3) is 7.64. The van der Waals surface area contributed by atoms with Gasteiger partial charge in [0.1, 0.15) is 0 Å². The van der Waals surface area contributed by atoms with Crippen molar-refractivity contribution in [3.63, 3.8) is 0 Å². The maximum Gasteiger partial charge on any atom is -0.0184 e. The quantitative estimate of drug-likeness (QED) is 0.411. The van der Waals surface area contributed by atoms with Crippen molar-refractivity contribution in [2.24, 2.45) is 0 Å². The Kier molecular flexibility index (Phi) is 11.4. The van der Waals surface area contributed by atoms with Gasteiger partial charge in [-0.05, 0) is 24.6 Å². The molecule has 0 fully saturated rings. The van der Waals surface area contributed by atoms with Gasteiger partial charge < -0.3 is 0 Å². The summed E-state index contributed by atoms with van der Waals surface area (Å²) < 4.78 is 0. The van der Waals surface area contributed by atoms with Gasteiger partial charge in [0.25, 0.3) is 0 Å². The van der Waals surface area contributed by atoms with Crippen molar-refractivity contribution < 1.29 is 0 Å². The smallest absolute Gasteiger partial charge is 0.0184 e. The summed E-state index contributed by atoms with van der Waals surface area (Å²) in [6.07, 6.45) is 0. The molecule has 0 unspecified atom stereocenters. The van der Waals surface area contributed by atoms with Crippen LogP contribution in [-0.4, -0.2) is 0 Å². The first-order chi connectivity index (χ1) is 10.8. The molecule has 0 aromatic heterocycles. The molecule has 0 aliphatic heterocycles. The van der Waals surface area contributed by atoms with Crippen molar-refractivity contribution in [1.29, 1.82) is 0 Å². The van der Waals surface area contributed by atoms with E-state index in [-0.39, 0.29) is 0 Å². The van der Waals surface area contributed by atoms with Gasteiger partial charge in [-0.3, -0.25) is 0 Å². The fourth-order valence-corrected chi connectivity index (χ4v) is 1.77. The second-order valence-electron chi connectivity index (χ2n) is 4.50. The van der Waals surface area contributed by atoms with Gasteiger partial charge in [-0.1, -0.05) is 112 Å². The lowest BCUT2D eigenvalue weighted by Crippen LogP contribution is -1.70. The van der Waals surface area contributed by atoms with Crippen LogP contribution in [0.15, 0.2) is 72.8 Å². The molecule has 0 saturated heterocycles. The van der Waals surface area contributed by atoms with Crippen molar-refractivity contribution in [2.75, 3.05) is 0 Å². The summed E-state index contributed by atoms with van der Waals surface area (Å²) in [4.78, 5) is 0. The van der Waals surface area contributed by atoms with Crippen molar-refractivity contribution in [3.8, 4) is 0 Å². The number of aryl methyl sites for hydroxylation is 2. The van der Waals surface area contributed by atoms with Crippen LogP contribution < -0.4 is 0 Å². The summed E-state index contributed by atoms with van der Waals surface area (Å²) in [5.41, 5.74) is 2.66. The molecule has 0 aliphatic rings. The Bertz CT molecular complexity index is 520. The summed E-state index contributed by atoms with van der Waals surface area (Å²) in [7, 11) is 0. The Labute approximate surface area is 136 Å². The second-order valence-corrected chi connectivity index (χ2v) is 4.50. The van der Waals surface area contributed by atoms with Gasteiger partial charge in [-0.25, -0.2) is 0 Å². The average Bonchev–Trinajstić information content (AvgIpc) is 2.62. The van der Waals surface area contributed by atoms with E-state index in [4.69, 9.17) is 0 Å². The zero-order valence-corrected chi connectivity index (χ0v) is 14.9. The first-order valence-corrected chi connectivity index (χ1v) is 8.23. The highest BCUT2D eigenvalue weighted by atomic mass is 13.9. The van der Waals surface area contributed by atoms with Crippen LogP contribution >= 0.6 is 0 Å². The molecule has 0 aliphatic carbocycles. The molecule has 118 valence electrons. The molecule has 0 bridgehead atoms. The van der Waals surface area contributed by atoms with E-state index < -0.39 is 0 Å². The van der Waals surface area contributed by atoms with Crippen LogP contribution in [0.3, 0.4) is 0 Å². The molecule has 0 heteroatoms. The van der Waals surface area contributed by atoms with E-state index in [1.807, 2.05) is 27.7 Å². The molecule has 3 aromatic carbocycles. The fourth-order valence-electron chi connectivity index (χ4n) is 1.77. The Morgan fingerprint density at radius 2 is 0.636 bits per heavy atom. The largest absolute Gasteiger partial charge is 0.0683 e. The summed E-state index contributed by atoms with van der Waals surface area (Å²) in [6, 6.07) is 25.2. The predicted octanol–water partition coefficient (Wildman–Crippen LogP) is 7.20. The van der Waals surface area contributed by atoms with Crippen LogP contribution in [-0.2, 0) is 0 Å². The summed E-state index contributed by atoms with van der Waals surface area (Å²) in [5.74, 6) is 0. The third-order valence-electron chi connectivity index (χ3n) is 2.88. The molecule has 0 amide bonds. The summed E-state index contributed by atoms with van der Waals surface area (Å²) in [6.45, 7) is 12.2. The standard InChI is InChI=1S/C10H8.C8H10.2C2H6/c1-2-6-10-8-4-3-7-9(10)5-1;1-7-3-5-8(2)6-4-7;2*1-2/h1-8H;3-6H,1-2H3;2*1-2H3. The number of hydrogen-bond donors (Lipinski definition) is 0. The lowest BCUT2D eigenvalue weighted by Gasteiger charge is -1.92. The van der Waals surface area contributed by atoms with Crippen molar-refractivity contribution in [3.05, 3.63) is 83.9 Å². The lowest BCUT2D eigenvalue weighted by molar-refractivity contribution is 1.40. The average molecular weight is 294 g/mol. The Morgan fingerprint density at radius 3 is 0.864 bits per heavy atom. The van der Waals surface area contributed by atoms with Crippen molar-refractivity contribution >= 4 is 10.8 Å². The van der Waals surface area contributed by atoms with Gasteiger partial charge in [0.2, 0.25) is 0 Å². The molecular formula is C22H30. The van der Waals surface area contributed by atoms with Crippen LogP contribution in [0.1, 0.15) is 38.8 Å². The number of fused-ring (bicyclic) bond motifs is 1. The molecule has 0 nitrogen and oxygen atoms in total. The van der Waals surface area contributed by atoms with Crippen LogP contribution in [0.4, 0.5) is 0 Å². The SMILES string of the molecule is CC.CC.Cc1ccc(C)cc1.c1ccc2ccccc2c1. The van der Waals surface area contributed by atoms with Crippen molar-refractivity contribution in [2.45, 2.75) is 41.5 Å². The van der Waals surface area contributed by atoms with Crippen LogP contribution in [0.25, 0.3) is 10.8 Å². The predicted molar refractivity (Wildman–Crippen MR) is 103 cm³/mol. The van der Waals surface area contributed by atoms with E-state index in [1.165, 1.54) is 21.9 Å². The van der Waals surface area contributed by atoms with Crippen LogP contribution in [0, 0.1) is 13.8 Å². The van der Waals surface area contributed by atoms with Gasteiger partial charge in [-0.2, -0.15) is 0 Å². The van der Waals surface area contributed by atoms with Gasteiger partial charge in [0.15, 0.2) is 0 Å². The minimum Gasteiger partial charge on any atom is -0.0683 e. The lowest BCUT2D eigenvalue weighted by atomic mass is 10.1. The molecule has 0 N–H and O–H groups in total. The fraction of sp³-hybridized carbons (Fsp3) is 0.273. The molecule has 3 aromatic rings. The van der Waals surface area contributed by atoms with E-state index in [0.29, 0.717) is 0 Å². The van der Waals surface area contributed by atoms with Crippen molar-refractivity contribution in [1.82, 2.24) is 0 Å².